The maximum atomic E-state index is 6.56. The number of benzene rings is 1. The minimum atomic E-state index is 0.0209. The lowest BCUT2D eigenvalue weighted by molar-refractivity contribution is 0.174. The van der Waals surface area contributed by atoms with Gasteiger partial charge in [0.05, 0.1) is 5.38 Å². The molecule has 3 nitrogen and oxygen atoms in total. The molecule has 0 N–H and O–H groups in total. The Balaban J connectivity index is 1.64. The molecule has 0 radical (unpaired) electrons. The van der Waals surface area contributed by atoms with Crippen molar-refractivity contribution in [2.24, 2.45) is 0 Å². The van der Waals surface area contributed by atoms with Crippen LogP contribution in [0.3, 0.4) is 0 Å². The second-order valence-corrected chi connectivity index (χ2v) is 5.82. The summed E-state index contributed by atoms with van der Waals surface area (Å²) >= 11 is 6.56. The molecule has 2 aliphatic heterocycles. The SMILES string of the molecule is ClC(CN1CCCCCC1)c1ccc2c(c1)OCO2. The van der Waals surface area contributed by atoms with Crippen molar-refractivity contribution in [3.05, 3.63) is 23.8 Å². The topological polar surface area (TPSA) is 21.7 Å². The zero-order valence-corrected chi connectivity index (χ0v) is 11.9. The minimum Gasteiger partial charge on any atom is -0.454 e. The number of ether oxygens (including phenoxy) is 2. The van der Waals surface area contributed by atoms with Crippen LogP contribution in [0.15, 0.2) is 18.2 Å². The maximum absolute atomic E-state index is 6.56. The summed E-state index contributed by atoms with van der Waals surface area (Å²) in [6, 6.07) is 6.01. The third-order valence-corrected chi connectivity index (χ3v) is 4.27. The third kappa shape index (κ3) is 3.15. The lowest BCUT2D eigenvalue weighted by Gasteiger charge is -2.23. The van der Waals surface area contributed by atoms with Crippen LogP contribution in [0, 0.1) is 0 Å². The van der Waals surface area contributed by atoms with Crippen molar-refractivity contribution >= 4 is 11.6 Å². The van der Waals surface area contributed by atoms with Crippen molar-refractivity contribution in [1.29, 1.82) is 0 Å². The van der Waals surface area contributed by atoms with Crippen molar-refractivity contribution in [2.75, 3.05) is 26.4 Å². The van der Waals surface area contributed by atoms with Gasteiger partial charge in [0.2, 0.25) is 6.79 Å². The molecule has 4 heteroatoms. The Labute approximate surface area is 119 Å². The van der Waals surface area contributed by atoms with E-state index in [1.54, 1.807) is 0 Å². The van der Waals surface area contributed by atoms with Crippen LogP contribution in [0.2, 0.25) is 0 Å². The van der Waals surface area contributed by atoms with Gasteiger partial charge in [-0.3, -0.25) is 0 Å². The third-order valence-electron chi connectivity index (χ3n) is 3.88. The van der Waals surface area contributed by atoms with Crippen molar-refractivity contribution in [3.8, 4) is 11.5 Å². The van der Waals surface area contributed by atoms with E-state index < -0.39 is 0 Å². The molecule has 1 atom stereocenters. The molecule has 0 aliphatic carbocycles. The Morgan fingerprint density at radius 2 is 1.79 bits per heavy atom. The minimum absolute atomic E-state index is 0.0209. The summed E-state index contributed by atoms with van der Waals surface area (Å²) in [6.45, 7) is 3.58. The van der Waals surface area contributed by atoms with Gasteiger partial charge in [-0.05, 0) is 43.6 Å². The van der Waals surface area contributed by atoms with E-state index in [1.165, 1.54) is 38.8 Å². The fraction of sp³-hybridized carbons (Fsp3) is 0.600. The molecule has 104 valence electrons. The van der Waals surface area contributed by atoms with E-state index in [0.717, 1.165) is 23.6 Å². The van der Waals surface area contributed by atoms with Crippen LogP contribution >= 0.6 is 11.6 Å². The Morgan fingerprint density at radius 3 is 2.58 bits per heavy atom. The van der Waals surface area contributed by atoms with Crippen LogP contribution in [-0.2, 0) is 0 Å². The van der Waals surface area contributed by atoms with Crippen LogP contribution in [0.4, 0.5) is 0 Å². The van der Waals surface area contributed by atoms with E-state index in [1.807, 2.05) is 18.2 Å². The molecule has 0 saturated carbocycles. The molecule has 2 aliphatic rings. The zero-order valence-electron chi connectivity index (χ0n) is 11.1. The van der Waals surface area contributed by atoms with Gasteiger partial charge in [-0.2, -0.15) is 0 Å². The molecule has 1 unspecified atom stereocenters. The number of fused-ring (bicyclic) bond motifs is 1. The van der Waals surface area contributed by atoms with Crippen molar-refractivity contribution in [3.63, 3.8) is 0 Å². The van der Waals surface area contributed by atoms with E-state index in [9.17, 15) is 0 Å². The van der Waals surface area contributed by atoms with Gasteiger partial charge >= 0.3 is 0 Å². The monoisotopic (exact) mass is 281 g/mol. The number of hydrogen-bond donors (Lipinski definition) is 0. The van der Waals surface area contributed by atoms with Crippen molar-refractivity contribution in [1.82, 2.24) is 4.90 Å². The van der Waals surface area contributed by atoms with Crippen LogP contribution in [0.25, 0.3) is 0 Å². The highest BCUT2D eigenvalue weighted by Gasteiger charge is 2.19. The molecule has 1 saturated heterocycles. The summed E-state index contributed by atoms with van der Waals surface area (Å²) in [5.41, 5.74) is 1.12. The standard InChI is InChI=1S/C15H20ClNO2/c16-13(10-17-7-3-1-2-4-8-17)12-5-6-14-15(9-12)19-11-18-14/h5-6,9,13H,1-4,7-8,10-11H2. The predicted molar refractivity (Wildman–Crippen MR) is 76.1 cm³/mol. The van der Waals surface area contributed by atoms with Crippen LogP contribution in [0.5, 0.6) is 11.5 Å². The van der Waals surface area contributed by atoms with E-state index >= 15 is 0 Å². The number of hydrogen-bond acceptors (Lipinski definition) is 3. The highest BCUT2D eigenvalue weighted by molar-refractivity contribution is 6.21. The van der Waals surface area contributed by atoms with Crippen LogP contribution in [0.1, 0.15) is 36.6 Å². The first-order chi connectivity index (χ1) is 9.33. The lowest BCUT2D eigenvalue weighted by atomic mass is 10.1. The fourth-order valence-corrected chi connectivity index (χ4v) is 3.09. The molecule has 2 heterocycles. The molecular formula is C15H20ClNO2. The number of rotatable bonds is 3. The zero-order chi connectivity index (χ0) is 13.1. The van der Waals surface area contributed by atoms with Crippen LogP contribution < -0.4 is 9.47 Å². The predicted octanol–water partition coefficient (Wildman–Crippen LogP) is 3.57. The maximum Gasteiger partial charge on any atom is 0.231 e. The van der Waals surface area contributed by atoms with Crippen molar-refractivity contribution in [2.45, 2.75) is 31.1 Å². The summed E-state index contributed by atoms with van der Waals surface area (Å²) in [6.07, 6.45) is 5.30. The van der Waals surface area contributed by atoms with Gasteiger partial charge in [0.1, 0.15) is 0 Å². The highest BCUT2D eigenvalue weighted by Crippen LogP contribution is 2.35. The molecule has 1 fully saturated rings. The molecule has 1 aromatic rings. The summed E-state index contributed by atoms with van der Waals surface area (Å²) in [7, 11) is 0. The Bertz CT molecular complexity index is 430. The number of alkyl halides is 1. The summed E-state index contributed by atoms with van der Waals surface area (Å²) < 4.78 is 10.7. The highest BCUT2D eigenvalue weighted by atomic mass is 35.5. The summed E-state index contributed by atoms with van der Waals surface area (Å²) in [4.78, 5) is 2.48. The molecule has 0 aromatic heterocycles. The van der Waals surface area contributed by atoms with Gasteiger partial charge in [-0.1, -0.05) is 18.9 Å². The van der Waals surface area contributed by atoms with Gasteiger partial charge < -0.3 is 14.4 Å². The van der Waals surface area contributed by atoms with E-state index in [4.69, 9.17) is 21.1 Å². The first kappa shape index (κ1) is 13.1. The lowest BCUT2D eigenvalue weighted by Crippen LogP contribution is -2.28. The first-order valence-electron chi connectivity index (χ1n) is 7.09. The number of halogens is 1. The van der Waals surface area contributed by atoms with Gasteiger partial charge in [-0.25, -0.2) is 0 Å². The van der Waals surface area contributed by atoms with Gasteiger partial charge in [0.25, 0.3) is 0 Å². The molecule has 19 heavy (non-hydrogen) atoms. The normalized spacial score (nSPS) is 21.1. The van der Waals surface area contributed by atoms with E-state index in [0.29, 0.717) is 6.79 Å². The molecule has 3 rings (SSSR count). The van der Waals surface area contributed by atoms with Crippen molar-refractivity contribution < 1.29 is 9.47 Å². The first-order valence-corrected chi connectivity index (χ1v) is 7.52. The molecule has 1 aromatic carbocycles. The Hall–Kier alpha value is -0.930. The molecule has 0 spiro atoms. The van der Waals surface area contributed by atoms with Gasteiger partial charge in [-0.15, -0.1) is 11.6 Å². The molecule has 0 bridgehead atoms. The van der Waals surface area contributed by atoms with Gasteiger partial charge in [0.15, 0.2) is 11.5 Å². The second kappa shape index (κ2) is 6.02. The van der Waals surface area contributed by atoms with Gasteiger partial charge in [0, 0.05) is 6.54 Å². The van der Waals surface area contributed by atoms with Crippen LogP contribution in [-0.4, -0.2) is 31.3 Å². The summed E-state index contributed by atoms with van der Waals surface area (Å²) in [5.74, 6) is 1.64. The second-order valence-electron chi connectivity index (χ2n) is 5.30. The molecule has 0 amide bonds. The fourth-order valence-electron chi connectivity index (χ4n) is 2.76. The largest absolute Gasteiger partial charge is 0.454 e. The average molecular weight is 282 g/mol. The average Bonchev–Trinajstić information content (AvgIpc) is 2.75. The number of nitrogens with zero attached hydrogens (tertiary/aromatic N) is 1. The molecular weight excluding hydrogens is 262 g/mol. The number of likely N-dealkylation sites (tertiary alicyclic amines) is 1. The van der Waals surface area contributed by atoms with E-state index in [-0.39, 0.29) is 5.38 Å². The smallest absolute Gasteiger partial charge is 0.231 e. The van der Waals surface area contributed by atoms with E-state index in [2.05, 4.69) is 4.90 Å². The summed E-state index contributed by atoms with van der Waals surface area (Å²) in [5, 5.41) is 0.0209. The Morgan fingerprint density at radius 1 is 1.05 bits per heavy atom. The quantitative estimate of drug-likeness (QED) is 0.791. The Kier molecular flexibility index (Phi) is 4.14.